The lowest BCUT2D eigenvalue weighted by Crippen LogP contribution is -2.39. The van der Waals surface area contributed by atoms with Crippen LogP contribution in [0.15, 0.2) is 48.5 Å². The maximum Gasteiger partial charge on any atom is 0.243 e. The number of carbonyl (C=O) groups excluding carboxylic acids is 1. The summed E-state index contributed by atoms with van der Waals surface area (Å²) in [5, 5.41) is 6.41. The lowest BCUT2D eigenvalue weighted by atomic mass is 10.0. The quantitative estimate of drug-likeness (QED) is 0.906. The highest BCUT2D eigenvalue weighted by Gasteiger charge is 2.27. The second-order valence-corrected chi connectivity index (χ2v) is 5.65. The third kappa shape index (κ3) is 2.77. The number of amides is 1. The maximum atomic E-state index is 12.4. The van der Waals surface area contributed by atoms with Gasteiger partial charge in [-0.15, -0.1) is 0 Å². The first-order valence-electron chi connectivity index (χ1n) is 7.35. The molecule has 1 aliphatic rings. The molecule has 3 heteroatoms. The summed E-state index contributed by atoms with van der Waals surface area (Å²) in [5.74, 6) is 0.0574. The molecule has 0 aromatic heterocycles. The molecule has 1 amide bonds. The Morgan fingerprint density at radius 1 is 1.19 bits per heavy atom. The summed E-state index contributed by atoms with van der Waals surface area (Å²) < 4.78 is 0. The molecule has 0 fully saturated rings. The average molecular weight is 280 g/mol. The first-order chi connectivity index (χ1) is 10.1. The van der Waals surface area contributed by atoms with Crippen molar-refractivity contribution in [3.63, 3.8) is 0 Å². The predicted molar refractivity (Wildman–Crippen MR) is 85.3 cm³/mol. The summed E-state index contributed by atoms with van der Waals surface area (Å²) in [7, 11) is 0. The minimum absolute atomic E-state index is 0.0178. The van der Waals surface area contributed by atoms with Gasteiger partial charge < -0.3 is 10.6 Å². The number of para-hydroxylation sites is 1. The highest BCUT2D eigenvalue weighted by molar-refractivity contribution is 5.87. The van der Waals surface area contributed by atoms with Gasteiger partial charge in [0.2, 0.25) is 5.91 Å². The first kappa shape index (κ1) is 13.7. The Morgan fingerprint density at radius 2 is 1.90 bits per heavy atom. The van der Waals surface area contributed by atoms with Crippen LogP contribution in [0.5, 0.6) is 0 Å². The standard InChI is InChI=1S/C18H20N2O/c1-12-7-3-5-9-15(12)13(2)19-18(21)17-11-14-8-4-6-10-16(14)20-17/h3-10,13,17,20H,11H2,1-2H3,(H,19,21)/t13-,17+/m1/s1. The largest absolute Gasteiger partial charge is 0.373 e. The van der Waals surface area contributed by atoms with E-state index in [0.717, 1.165) is 12.1 Å². The van der Waals surface area contributed by atoms with Gasteiger partial charge in [0.25, 0.3) is 0 Å². The second kappa shape index (κ2) is 5.60. The Balaban J connectivity index is 1.67. The maximum absolute atomic E-state index is 12.4. The van der Waals surface area contributed by atoms with Crippen molar-refractivity contribution in [2.45, 2.75) is 32.4 Å². The number of anilines is 1. The molecular formula is C18H20N2O. The summed E-state index contributed by atoms with van der Waals surface area (Å²) in [6.45, 7) is 4.10. The van der Waals surface area contributed by atoms with E-state index in [4.69, 9.17) is 0 Å². The molecule has 0 aliphatic carbocycles. The number of benzene rings is 2. The third-order valence-electron chi connectivity index (χ3n) is 4.10. The van der Waals surface area contributed by atoms with Gasteiger partial charge in [-0.25, -0.2) is 0 Å². The Bertz CT molecular complexity index is 641. The number of fused-ring (bicyclic) bond motifs is 1. The zero-order valence-corrected chi connectivity index (χ0v) is 12.4. The molecule has 0 bridgehead atoms. The van der Waals surface area contributed by atoms with E-state index in [1.54, 1.807) is 0 Å². The van der Waals surface area contributed by atoms with E-state index >= 15 is 0 Å². The third-order valence-corrected chi connectivity index (χ3v) is 4.10. The molecule has 0 unspecified atom stereocenters. The second-order valence-electron chi connectivity index (χ2n) is 5.65. The highest BCUT2D eigenvalue weighted by atomic mass is 16.2. The molecular weight excluding hydrogens is 260 g/mol. The molecule has 2 aromatic rings. The number of carbonyl (C=O) groups is 1. The molecule has 2 N–H and O–H groups in total. The van der Waals surface area contributed by atoms with Crippen molar-refractivity contribution in [3.8, 4) is 0 Å². The topological polar surface area (TPSA) is 41.1 Å². The average Bonchev–Trinajstić information content (AvgIpc) is 2.91. The van der Waals surface area contributed by atoms with Crippen LogP contribution in [0.25, 0.3) is 0 Å². The van der Waals surface area contributed by atoms with Crippen LogP contribution in [0.2, 0.25) is 0 Å². The normalized spacial score (nSPS) is 17.7. The SMILES string of the molecule is Cc1ccccc1[C@@H](C)NC(=O)[C@@H]1Cc2ccccc2N1. The van der Waals surface area contributed by atoms with Crippen molar-refractivity contribution in [2.75, 3.05) is 5.32 Å². The Kier molecular flexibility index (Phi) is 3.65. The molecule has 2 aromatic carbocycles. The molecule has 3 rings (SSSR count). The summed E-state index contributed by atoms with van der Waals surface area (Å²) in [6, 6.07) is 16.1. The van der Waals surface area contributed by atoms with Gasteiger partial charge in [-0.2, -0.15) is 0 Å². The van der Waals surface area contributed by atoms with E-state index in [-0.39, 0.29) is 18.0 Å². The number of rotatable bonds is 3. The van der Waals surface area contributed by atoms with Crippen LogP contribution < -0.4 is 10.6 Å². The minimum atomic E-state index is -0.172. The van der Waals surface area contributed by atoms with E-state index in [1.165, 1.54) is 16.7 Å². The van der Waals surface area contributed by atoms with Crippen LogP contribution in [0, 0.1) is 6.92 Å². The molecule has 0 saturated heterocycles. The number of hydrogen-bond acceptors (Lipinski definition) is 2. The molecule has 1 aliphatic heterocycles. The van der Waals surface area contributed by atoms with E-state index in [1.807, 2.05) is 37.3 Å². The van der Waals surface area contributed by atoms with E-state index in [0.29, 0.717) is 0 Å². The van der Waals surface area contributed by atoms with Crippen molar-refractivity contribution in [3.05, 3.63) is 65.2 Å². The lowest BCUT2D eigenvalue weighted by molar-refractivity contribution is -0.122. The summed E-state index contributed by atoms with van der Waals surface area (Å²) in [6.07, 6.45) is 0.752. The number of aryl methyl sites for hydroxylation is 1. The van der Waals surface area contributed by atoms with Crippen LogP contribution in [-0.4, -0.2) is 11.9 Å². The van der Waals surface area contributed by atoms with Crippen molar-refractivity contribution in [1.29, 1.82) is 0 Å². The molecule has 0 radical (unpaired) electrons. The van der Waals surface area contributed by atoms with E-state index < -0.39 is 0 Å². The van der Waals surface area contributed by atoms with Crippen molar-refractivity contribution in [2.24, 2.45) is 0 Å². The Hall–Kier alpha value is -2.29. The Labute approximate surface area is 125 Å². The monoisotopic (exact) mass is 280 g/mol. The van der Waals surface area contributed by atoms with E-state index in [9.17, 15) is 4.79 Å². The number of hydrogen-bond donors (Lipinski definition) is 2. The molecule has 0 spiro atoms. The summed E-state index contributed by atoms with van der Waals surface area (Å²) >= 11 is 0. The van der Waals surface area contributed by atoms with Gasteiger partial charge in [0.15, 0.2) is 0 Å². The fourth-order valence-corrected chi connectivity index (χ4v) is 2.92. The van der Waals surface area contributed by atoms with Gasteiger partial charge in [-0.05, 0) is 36.6 Å². The van der Waals surface area contributed by atoms with Crippen molar-refractivity contribution in [1.82, 2.24) is 5.32 Å². The van der Waals surface area contributed by atoms with Gasteiger partial charge in [-0.3, -0.25) is 4.79 Å². The molecule has 1 heterocycles. The van der Waals surface area contributed by atoms with E-state index in [2.05, 4.69) is 35.8 Å². The van der Waals surface area contributed by atoms with Crippen LogP contribution >= 0.6 is 0 Å². The summed E-state index contributed by atoms with van der Waals surface area (Å²) in [4.78, 5) is 12.4. The first-order valence-corrected chi connectivity index (χ1v) is 7.35. The van der Waals surface area contributed by atoms with Crippen LogP contribution in [-0.2, 0) is 11.2 Å². The van der Waals surface area contributed by atoms with Gasteiger partial charge >= 0.3 is 0 Å². The van der Waals surface area contributed by atoms with Gasteiger partial charge in [0, 0.05) is 12.1 Å². The smallest absolute Gasteiger partial charge is 0.243 e. The molecule has 2 atom stereocenters. The highest BCUT2D eigenvalue weighted by Crippen LogP contribution is 2.26. The number of nitrogens with one attached hydrogen (secondary N) is 2. The van der Waals surface area contributed by atoms with Crippen LogP contribution in [0.3, 0.4) is 0 Å². The lowest BCUT2D eigenvalue weighted by Gasteiger charge is -2.19. The fraction of sp³-hybridized carbons (Fsp3) is 0.278. The molecule has 3 nitrogen and oxygen atoms in total. The minimum Gasteiger partial charge on any atom is -0.373 e. The zero-order valence-electron chi connectivity index (χ0n) is 12.4. The fourth-order valence-electron chi connectivity index (χ4n) is 2.92. The van der Waals surface area contributed by atoms with Crippen molar-refractivity contribution < 1.29 is 4.79 Å². The molecule has 0 saturated carbocycles. The van der Waals surface area contributed by atoms with Gasteiger partial charge in [0.1, 0.15) is 6.04 Å². The van der Waals surface area contributed by atoms with Crippen LogP contribution in [0.4, 0.5) is 5.69 Å². The Morgan fingerprint density at radius 3 is 2.67 bits per heavy atom. The molecule has 108 valence electrons. The predicted octanol–water partition coefficient (Wildman–Crippen LogP) is 3.21. The zero-order chi connectivity index (χ0) is 14.8. The van der Waals surface area contributed by atoms with Crippen LogP contribution in [0.1, 0.15) is 29.7 Å². The molecule has 21 heavy (non-hydrogen) atoms. The summed E-state index contributed by atoms with van der Waals surface area (Å²) in [5.41, 5.74) is 4.65. The van der Waals surface area contributed by atoms with Gasteiger partial charge in [0.05, 0.1) is 6.04 Å². The van der Waals surface area contributed by atoms with Gasteiger partial charge in [-0.1, -0.05) is 42.5 Å². The van der Waals surface area contributed by atoms with Crippen molar-refractivity contribution >= 4 is 11.6 Å².